The largest absolute Gasteiger partial charge is 0.485 e. The van der Waals surface area contributed by atoms with Crippen LogP contribution in [-0.4, -0.2) is 62.3 Å². The summed E-state index contributed by atoms with van der Waals surface area (Å²) in [5.74, 6) is 0.239. The molecule has 1 saturated heterocycles. The highest BCUT2D eigenvalue weighted by atomic mass is 35.5. The number of hydrogen-bond acceptors (Lipinski definition) is 7. The molecule has 2 aliphatic heterocycles. The molecule has 10 nitrogen and oxygen atoms in total. The summed E-state index contributed by atoms with van der Waals surface area (Å²) >= 11 is 6.86. The van der Waals surface area contributed by atoms with E-state index in [1.54, 1.807) is 29.3 Å². The molecule has 2 aromatic heterocycles. The number of ether oxygens (including phenoxy) is 1. The average Bonchev–Trinajstić information content (AvgIpc) is 3.04. The number of aliphatic hydroxyl groups excluding tert-OH is 1. The Morgan fingerprint density at radius 2 is 2.19 bits per heavy atom. The lowest BCUT2D eigenvalue weighted by Gasteiger charge is -2.27. The number of imidazole rings is 1. The van der Waals surface area contributed by atoms with Gasteiger partial charge in [-0.2, -0.15) is 0 Å². The van der Waals surface area contributed by atoms with Gasteiger partial charge in [0.1, 0.15) is 11.6 Å². The second-order valence-electron chi connectivity index (χ2n) is 8.99. The van der Waals surface area contributed by atoms with Crippen LogP contribution in [0.1, 0.15) is 41.4 Å². The molecule has 1 unspecified atom stereocenters. The molecule has 0 spiro atoms. The Morgan fingerprint density at radius 1 is 1.36 bits per heavy atom. The zero-order valence-corrected chi connectivity index (χ0v) is 20.6. The van der Waals surface area contributed by atoms with E-state index < -0.39 is 6.23 Å². The van der Waals surface area contributed by atoms with Crippen LogP contribution in [0.5, 0.6) is 5.75 Å². The highest BCUT2D eigenvalue weighted by Crippen LogP contribution is 2.44. The number of carbonyl (C=O) groups is 2. The summed E-state index contributed by atoms with van der Waals surface area (Å²) in [7, 11) is 0. The molecule has 2 atom stereocenters. The summed E-state index contributed by atoms with van der Waals surface area (Å²) in [6.45, 7) is 6.53. The monoisotopic (exact) mass is 510 g/mol. The van der Waals surface area contributed by atoms with Gasteiger partial charge in [-0.1, -0.05) is 18.2 Å². The summed E-state index contributed by atoms with van der Waals surface area (Å²) < 4.78 is 7.63. The van der Waals surface area contributed by atoms with Crippen LogP contribution < -0.4 is 15.4 Å². The predicted octanol–water partition coefficient (Wildman–Crippen LogP) is 3.51. The number of rotatable bonds is 4. The third-order valence-electron chi connectivity index (χ3n) is 6.46. The number of aromatic nitrogens is 3. The van der Waals surface area contributed by atoms with E-state index in [0.717, 1.165) is 25.0 Å². The number of halogens is 1. The molecule has 4 heterocycles. The number of carbonyl (C=O) groups excluding carboxylic acids is 2. The van der Waals surface area contributed by atoms with E-state index in [9.17, 15) is 14.7 Å². The van der Waals surface area contributed by atoms with E-state index in [0.29, 0.717) is 52.1 Å². The van der Waals surface area contributed by atoms with Crippen LogP contribution in [0, 0.1) is 6.92 Å². The fourth-order valence-corrected chi connectivity index (χ4v) is 5.14. The summed E-state index contributed by atoms with van der Waals surface area (Å²) in [5.41, 5.74) is 2.80. The van der Waals surface area contributed by atoms with E-state index in [-0.39, 0.29) is 24.5 Å². The third kappa shape index (κ3) is 4.49. The van der Waals surface area contributed by atoms with E-state index >= 15 is 0 Å². The molecule has 1 fully saturated rings. The summed E-state index contributed by atoms with van der Waals surface area (Å²) in [5, 5.41) is 16.2. The van der Waals surface area contributed by atoms with Gasteiger partial charge < -0.3 is 24.6 Å². The van der Waals surface area contributed by atoms with Gasteiger partial charge in [0.25, 0.3) is 5.91 Å². The Labute approximate surface area is 212 Å². The van der Waals surface area contributed by atoms with Gasteiger partial charge in [-0.05, 0) is 50.5 Å². The second kappa shape index (κ2) is 9.79. The van der Waals surface area contributed by atoms with Crippen molar-refractivity contribution in [3.63, 3.8) is 0 Å². The smallest absolute Gasteiger partial charge is 0.258 e. The van der Waals surface area contributed by atoms with Gasteiger partial charge in [-0.3, -0.25) is 19.9 Å². The minimum atomic E-state index is -0.873. The van der Waals surface area contributed by atoms with Crippen LogP contribution in [0.4, 0.5) is 11.6 Å². The molecular weight excluding hydrogens is 484 g/mol. The Bertz CT molecular complexity index is 1360. The molecule has 0 aliphatic carbocycles. The maximum Gasteiger partial charge on any atom is 0.258 e. The Morgan fingerprint density at radius 3 is 2.97 bits per heavy atom. The molecule has 3 N–H and O–H groups in total. The zero-order chi connectivity index (χ0) is 25.4. The lowest BCUT2D eigenvalue weighted by atomic mass is 10.1. The van der Waals surface area contributed by atoms with Crippen molar-refractivity contribution < 1.29 is 19.4 Å². The average molecular weight is 511 g/mol. The first-order valence-electron chi connectivity index (χ1n) is 11.8. The van der Waals surface area contributed by atoms with Gasteiger partial charge in [-0.25, -0.2) is 4.98 Å². The number of amides is 2. The molecule has 0 saturated carbocycles. The quantitative estimate of drug-likeness (QED) is 0.459. The lowest BCUT2D eigenvalue weighted by Crippen LogP contribution is -2.34. The van der Waals surface area contributed by atoms with Crippen LogP contribution in [0.2, 0.25) is 5.02 Å². The first-order chi connectivity index (χ1) is 17.4. The van der Waals surface area contributed by atoms with Crippen molar-refractivity contribution in [3.05, 3.63) is 53.3 Å². The number of pyridine rings is 1. The molecule has 36 heavy (non-hydrogen) atoms. The molecule has 3 aromatic rings. The molecule has 0 bridgehead atoms. The third-order valence-corrected chi connectivity index (χ3v) is 6.81. The van der Waals surface area contributed by atoms with Crippen molar-refractivity contribution in [2.24, 2.45) is 0 Å². The number of hydrogen-bond donors (Lipinski definition) is 3. The summed E-state index contributed by atoms with van der Waals surface area (Å²) in [6, 6.07) is 4.87. The number of nitrogens with one attached hydrogen (secondary N) is 2. The van der Waals surface area contributed by atoms with E-state index in [2.05, 4.69) is 22.2 Å². The molecular formula is C25H27ClN6O4. The summed E-state index contributed by atoms with van der Waals surface area (Å²) in [6.07, 6.45) is 4.52. The van der Waals surface area contributed by atoms with Gasteiger partial charge in [-0.15, -0.1) is 0 Å². The standard InChI is InChI=1S/C25H27ClN6O4/c1-3-20(34)31-9-5-4-6-16(12-31)32-22-17(11-18-23(21(22)26)36-13-19(33)28-18)29-25(32)30-24(35)15-7-8-27-14(2)10-15/h3,7-8,10-11,16,19,28,33H,1,4-6,9,12-13H2,2H3,(H,29,30,35)/t16-,19?/m1/s1. The number of benzene rings is 1. The molecule has 5 rings (SSSR count). The zero-order valence-electron chi connectivity index (χ0n) is 19.8. The molecule has 11 heteroatoms. The second-order valence-corrected chi connectivity index (χ2v) is 9.37. The first-order valence-corrected chi connectivity index (χ1v) is 12.2. The van der Waals surface area contributed by atoms with E-state index in [1.165, 1.54) is 6.08 Å². The molecule has 2 amide bonds. The minimum Gasteiger partial charge on any atom is -0.485 e. The number of fused-ring (bicyclic) bond motifs is 2. The Hall–Kier alpha value is -3.63. The molecule has 0 radical (unpaired) electrons. The van der Waals surface area contributed by atoms with Gasteiger partial charge >= 0.3 is 0 Å². The van der Waals surface area contributed by atoms with E-state index in [4.69, 9.17) is 21.3 Å². The molecule has 1 aromatic carbocycles. The normalized spacial score (nSPS) is 19.6. The van der Waals surface area contributed by atoms with Crippen LogP contribution in [0.15, 0.2) is 37.1 Å². The van der Waals surface area contributed by atoms with Crippen LogP contribution >= 0.6 is 11.6 Å². The molecule has 2 aliphatic rings. The topological polar surface area (TPSA) is 122 Å². The lowest BCUT2D eigenvalue weighted by molar-refractivity contribution is -0.126. The fraction of sp³-hybridized carbons (Fsp3) is 0.360. The maximum absolute atomic E-state index is 13.2. The van der Waals surface area contributed by atoms with Crippen LogP contribution in [0.3, 0.4) is 0 Å². The predicted molar refractivity (Wildman–Crippen MR) is 136 cm³/mol. The van der Waals surface area contributed by atoms with Gasteiger partial charge in [0.2, 0.25) is 11.9 Å². The summed E-state index contributed by atoms with van der Waals surface area (Å²) in [4.78, 5) is 36.3. The highest BCUT2D eigenvalue weighted by molar-refractivity contribution is 6.37. The minimum absolute atomic E-state index is 0.0440. The number of nitrogens with zero attached hydrogens (tertiary/aromatic N) is 4. The van der Waals surface area contributed by atoms with Crippen molar-refractivity contribution in [1.82, 2.24) is 19.4 Å². The number of aliphatic hydroxyl groups is 1. The first kappa shape index (κ1) is 24.1. The van der Waals surface area contributed by atoms with Gasteiger partial charge in [0.15, 0.2) is 12.0 Å². The number of likely N-dealkylation sites (tertiary alicyclic amines) is 1. The van der Waals surface area contributed by atoms with Gasteiger partial charge in [0.05, 0.1) is 22.8 Å². The highest BCUT2D eigenvalue weighted by Gasteiger charge is 2.30. The van der Waals surface area contributed by atoms with E-state index in [1.807, 2.05) is 11.5 Å². The van der Waals surface area contributed by atoms with Crippen molar-refractivity contribution >= 4 is 46.1 Å². The fourth-order valence-electron chi connectivity index (χ4n) is 4.79. The number of anilines is 2. The van der Waals surface area contributed by atoms with Crippen molar-refractivity contribution in [3.8, 4) is 5.75 Å². The van der Waals surface area contributed by atoms with Crippen molar-refractivity contribution in [2.75, 3.05) is 30.3 Å². The van der Waals surface area contributed by atoms with Gasteiger partial charge in [0, 0.05) is 30.5 Å². The maximum atomic E-state index is 13.2. The van der Waals surface area contributed by atoms with Crippen molar-refractivity contribution in [1.29, 1.82) is 0 Å². The molecule has 188 valence electrons. The van der Waals surface area contributed by atoms with Crippen LogP contribution in [0.25, 0.3) is 11.0 Å². The van der Waals surface area contributed by atoms with Crippen LogP contribution in [-0.2, 0) is 4.79 Å². The van der Waals surface area contributed by atoms with Crippen molar-refractivity contribution in [2.45, 2.75) is 38.5 Å². The SMILES string of the molecule is C=CC(=O)N1CCCC[C@@H](n2c(NC(=O)c3ccnc(C)c3)nc3cc4c(c(Cl)c32)OCC(O)N4)C1. The Kier molecular flexibility index (Phi) is 6.55. The number of aryl methyl sites for hydroxylation is 1. The Balaban J connectivity index is 1.63.